The van der Waals surface area contributed by atoms with E-state index in [0.717, 1.165) is 38.9 Å². The normalized spacial score (nSPS) is 23.0. The highest BCUT2D eigenvalue weighted by atomic mass is 16.3. The van der Waals surface area contributed by atoms with Crippen LogP contribution in [0.2, 0.25) is 0 Å². The SMILES string of the molecule is CCC1(CO)CCN(CC(C)(C)O)CC1. The Morgan fingerprint density at radius 1 is 1.27 bits per heavy atom. The quantitative estimate of drug-likeness (QED) is 0.741. The first kappa shape index (κ1) is 12.9. The second-order valence-electron chi connectivity index (χ2n) is 5.60. The molecule has 0 saturated carbocycles. The molecule has 1 aliphatic heterocycles. The molecule has 0 bridgehead atoms. The van der Waals surface area contributed by atoms with E-state index in [9.17, 15) is 10.2 Å². The van der Waals surface area contributed by atoms with Crippen LogP contribution in [-0.2, 0) is 0 Å². The molecular weight excluding hydrogens is 190 g/mol. The molecule has 0 aliphatic carbocycles. The average molecular weight is 215 g/mol. The van der Waals surface area contributed by atoms with E-state index in [1.165, 1.54) is 0 Å². The maximum atomic E-state index is 9.72. The second kappa shape index (κ2) is 4.81. The lowest BCUT2D eigenvalue weighted by Crippen LogP contribution is -2.46. The van der Waals surface area contributed by atoms with Gasteiger partial charge >= 0.3 is 0 Å². The lowest BCUT2D eigenvalue weighted by atomic mass is 9.77. The molecule has 3 nitrogen and oxygen atoms in total. The van der Waals surface area contributed by atoms with Crippen molar-refractivity contribution in [3.63, 3.8) is 0 Å². The number of hydrogen-bond acceptors (Lipinski definition) is 3. The molecule has 0 unspecified atom stereocenters. The number of piperidine rings is 1. The van der Waals surface area contributed by atoms with Crippen LogP contribution in [0, 0.1) is 5.41 Å². The topological polar surface area (TPSA) is 43.7 Å². The highest BCUT2D eigenvalue weighted by molar-refractivity contribution is 4.86. The summed E-state index contributed by atoms with van der Waals surface area (Å²) in [6, 6.07) is 0. The zero-order valence-electron chi connectivity index (χ0n) is 10.3. The van der Waals surface area contributed by atoms with Crippen LogP contribution in [0.1, 0.15) is 40.0 Å². The van der Waals surface area contributed by atoms with Gasteiger partial charge in [-0.05, 0) is 51.6 Å². The van der Waals surface area contributed by atoms with Crippen LogP contribution >= 0.6 is 0 Å². The Morgan fingerprint density at radius 3 is 2.13 bits per heavy atom. The Balaban J connectivity index is 2.42. The molecule has 0 aromatic heterocycles. The number of rotatable bonds is 4. The molecule has 1 fully saturated rings. The van der Waals surface area contributed by atoms with Gasteiger partial charge in [0.15, 0.2) is 0 Å². The second-order valence-corrected chi connectivity index (χ2v) is 5.60. The minimum Gasteiger partial charge on any atom is -0.396 e. The highest BCUT2D eigenvalue weighted by Gasteiger charge is 2.33. The van der Waals surface area contributed by atoms with Crippen LogP contribution in [0.25, 0.3) is 0 Å². The summed E-state index contributed by atoms with van der Waals surface area (Å²) in [7, 11) is 0. The van der Waals surface area contributed by atoms with Crippen LogP contribution < -0.4 is 0 Å². The lowest BCUT2D eigenvalue weighted by Gasteiger charge is -2.41. The predicted molar refractivity (Wildman–Crippen MR) is 61.8 cm³/mol. The zero-order chi connectivity index (χ0) is 11.5. The minimum absolute atomic E-state index is 0.149. The van der Waals surface area contributed by atoms with Crippen LogP contribution in [-0.4, -0.2) is 47.0 Å². The molecule has 1 saturated heterocycles. The summed E-state index contributed by atoms with van der Waals surface area (Å²) in [5.41, 5.74) is -0.457. The van der Waals surface area contributed by atoms with Crippen molar-refractivity contribution in [2.75, 3.05) is 26.2 Å². The van der Waals surface area contributed by atoms with Crippen LogP contribution in [0.5, 0.6) is 0 Å². The number of hydrogen-bond donors (Lipinski definition) is 2. The maximum Gasteiger partial charge on any atom is 0.0718 e. The third kappa shape index (κ3) is 3.74. The largest absolute Gasteiger partial charge is 0.396 e. The molecule has 0 aromatic carbocycles. The van der Waals surface area contributed by atoms with Gasteiger partial charge in [-0.25, -0.2) is 0 Å². The van der Waals surface area contributed by atoms with E-state index < -0.39 is 5.60 Å². The third-order valence-electron chi connectivity index (χ3n) is 3.61. The molecule has 90 valence electrons. The number of aliphatic hydroxyl groups excluding tert-OH is 1. The van der Waals surface area contributed by atoms with Gasteiger partial charge in [-0.3, -0.25) is 0 Å². The van der Waals surface area contributed by atoms with Crippen molar-refractivity contribution in [3.05, 3.63) is 0 Å². The van der Waals surface area contributed by atoms with E-state index >= 15 is 0 Å². The molecule has 1 rings (SSSR count). The fourth-order valence-corrected chi connectivity index (χ4v) is 2.36. The Bertz CT molecular complexity index is 184. The van der Waals surface area contributed by atoms with Gasteiger partial charge in [0, 0.05) is 13.2 Å². The monoisotopic (exact) mass is 215 g/mol. The smallest absolute Gasteiger partial charge is 0.0718 e. The maximum absolute atomic E-state index is 9.72. The molecule has 1 heterocycles. The van der Waals surface area contributed by atoms with Gasteiger partial charge in [-0.1, -0.05) is 6.92 Å². The average Bonchev–Trinajstić information content (AvgIpc) is 2.17. The van der Waals surface area contributed by atoms with Gasteiger partial charge in [0.25, 0.3) is 0 Å². The first-order valence-corrected chi connectivity index (χ1v) is 5.96. The summed E-state index contributed by atoms with van der Waals surface area (Å²) < 4.78 is 0. The summed E-state index contributed by atoms with van der Waals surface area (Å²) in [6.07, 6.45) is 3.16. The molecular formula is C12H25NO2. The number of aliphatic hydroxyl groups is 2. The number of likely N-dealkylation sites (tertiary alicyclic amines) is 1. The van der Waals surface area contributed by atoms with Crippen LogP contribution in [0.15, 0.2) is 0 Å². The molecule has 0 spiro atoms. The zero-order valence-corrected chi connectivity index (χ0v) is 10.3. The highest BCUT2D eigenvalue weighted by Crippen LogP contribution is 2.34. The van der Waals surface area contributed by atoms with Crippen molar-refractivity contribution < 1.29 is 10.2 Å². The number of β-amino-alcohol motifs (C(OH)–C–C–N with tert-alkyl or cyclic N) is 1. The van der Waals surface area contributed by atoms with E-state index in [-0.39, 0.29) is 5.41 Å². The van der Waals surface area contributed by atoms with Crippen LogP contribution in [0.3, 0.4) is 0 Å². The molecule has 0 aromatic rings. The van der Waals surface area contributed by atoms with E-state index in [2.05, 4.69) is 11.8 Å². The molecule has 2 N–H and O–H groups in total. The van der Waals surface area contributed by atoms with E-state index in [4.69, 9.17) is 0 Å². The Labute approximate surface area is 93.1 Å². The van der Waals surface area contributed by atoms with Crippen molar-refractivity contribution in [2.24, 2.45) is 5.41 Å². The van der Waals surface area contributed by atoms with Crippen molar-refractivity contribution in [3.8, 4) is 0 Å². The molecule has 0 radical (unpaired) electrons. The van der Waals surface area contributed by atoms with E-state index in [0.29, 0.717) is 6.61 Å². The van der Waals surface area contributed by atoms with E-state index in [1.807, 2.05) is 13.8 Å². The van der Waals surface area contributed by atoms with Gasteiger partial charge in [0.2, 0.25) is 0 Å². The van der Waals surface area contributed by atoms with Gasteiger partial charge in [0.05, 0.1) is 5.60 Å². The van der Waals surface area contributed by atoms with Crippen molar-refractivity contribution in [1.29, 1.82) is 0 Å². The lowest BCUT2D eigenvalue weighted by molar-refractivity contribution is -0.00608. The Hall–Kier alpha value is -0.120. The standard InChI is InChI=1S/C12H25NO2/c1-4-12(10-14)5-7-13(8-6-12)9-11(2,3)15/h14-15H,4-10H2,1-3H3. The van der Waals surface area contributed by atoms with Gasteiger partial charge < -0.3 is 15.1 Å². The summed E-state index contributed by atoms with van der Waals surface area (Å²) in [4.78, 5) is 2.30. The van der Waals surface area contributed by atoms with Crippen LogP contribution in [0.4, 0.5) is 0 Å². The van der Waals surface area contributed by atoms with Gasteiger partial charge in [-0.15, -0.1) is 0 Å². The molecule has 15 heavy (non-hydrogen) atoms. The summed E-state index contributed by atoms with van der Waals surface area (Å²) >= 11 is 0. The number of nitrogens with zero attached hydrogens (tertiary/aromatic N) is 1. The summed E-state index contributed by atoms with van der Waals surface area (Å²) in [5, 5.41) is 19.1. The van der Waals surface area contributed by atoms with E-state index in [1.54, 1.807) is 0 Å². The van der Waals surface area contributed by atoms with Crippen molar-refractivity contribution in [2.45, 2.75) is 45.6 Å². The van der Waals surface area contributed by atoms with Gasteiger partial charge in [-0.2, -0.15) is 0 Å². The first-order chi connectivity index (χ1) is 6.91. The fraction of sp³-hybridized carbons (Fsp3) is 1.00. The summed E-state index contributed by atoms with van der Waals surface area (Å²) in [5.74, 6) is 0. The van der Waals surface area contributed by atoms with Crippen molar-refractivity contribution >= 4 is 0 Å². The van der Waals surface area contributed by atoms with Crippen molar-refractivity contribution in [1.82, 2.24) is 4.90 Å². The molecule has 0 atom stereocenters. The Morgan fingerprint density at radius 2 is 1.80 bits per heavy atom. The van der Waals surface area contributed by atoms with Gasteiger partial charge in [0.1, 0.15) is 0 Å². The minimum atomic E-state index is -0.606. The Kier molecular flexibility index (Phi) is 4.15. The molecule has 1 aliphatic rings. The summed E-state index contributed by atoms with van der Waals surface area (Å²) in [6.45, 7) is 8.89. The first-order valence-electron chi connectivity index (χ1n) is 5.96. The molecule has 0 amide bonds. The predicted octanol–water partition coefficient (Wildman–Crippen LogP) is 1.24. The third-order valence-corrected chi connectivity index (χ3v) is 3.61. The fourth-order valence-electron chi connectivity index (χ4n) is 2.36. The molecule has 3 heteroatoms.